The van der Waals surface area contributed by atoms with Gasteiger partial charge in [-0.2, -0.15) is 0 Å². The minimum absolute atomic E-state index is 0.0439. The van der Waals surface area contributed by atoms with E-state index in [4.69, 9.17) is 16.6 Å². The lowest BCUT2D eigenvalue weighted by atomic mass is 10.0. The number of fused-ring (bicyclic) bond motifs is 3. The molecule has 4 heterocycles. The Kier molecular flexibility index (Phi) is 7.35. The topological polar surface area (TPSA) is 61.7 Å². The number of thiazole rings is 1. The average molecular weight is 558 g/mol. The molecule has 2 N–H and O–H groups in total. The molecule has 0 spiro atoms. The van der Waals surface area contributed by atoms with Crippen molar-refractivity contribution in [1.82, 2.24) is 24.9 Å². The molecular formula is C28H30ClF2N5OS. The number of hydrogen-bond donors (Lipinski definition) is 2. The van der Waals surface area contributed by atoms with Crippen molar-refractivity contribution in [3.8, 4) is 11.3 Å². The van der Waals surface area contributed by atoms with Crippen molar-refractivity contribution in [2.75, 3.05) is 32.7 Å². The van der Waals surface area contributed by atoms with Crippen LogP contribution in [-0.4, -0.2) is 59.1 Å². The molecule has 6 rings (SSSR count). The first-order chi connectivity index (χ1) is 18.5. The summed E-state index contributed by atoms with van der Waals surface area (Å²) < 4.78 is 31.2. The van der Waals surface area contributed by atoms with E-state index in [9.17, 15) is 9.18 Å². The van der Waals surface area contributed by atoms with E-state index in [0.29, 0.717) is 46.8 Å². The molecule has 10 heteroatoms. The van der Waals surface area contributed by atoms with Gasteiger partial charge in [-0.1, -0.05) is 22.9 Å². The molecule has 6 nitrogen and oxygen atoms in total. The maximum atomic E-state index is 15.0. The minimum Gasteiger partial charge on any atom is -0.352 e. The predicted molar refractivity (Wildman–Crippen MR) is 148 cm³/mol. The summed E-state index contributed by atoms with van der Waals surface area (Å²) in [5.41, 5.74) is 3.37. The third-order valence-electron chi connectivity index (χ3n) is 7.59. The molecule has 38 heavy (non-hydrogen) atoms. The Bertz CT molecular complexity index is 1450. The molecule has 1 amide bonds. The maximum absolute atomic E-state index is 15.0. The van der Waals surface area contributed by atoms with Crippen molar-refractivity contribution < 1.29 is 13.6 Å². The molecular weight excluding hydrogens is 528 g/mol. The number of hydrogen-bond acceptors (Lipinski definition) is 5. The fourth-order valence-corrected chi connectivity index (χ4v) is 6.90. The van der Waals surface area contributed by atoms with Crippen LogP contribution in [0.2, 0.25) is 5.02 Å². The number of benzene rings is 2. The lowest BCUT2D eigenvalue weighted by Gasteiger charge is -2.28. The zero-order chi connectivity index (χ0) is 26.2. The second-order valence-electron chi connectivity index (χ2n) is 10.2. The van der Waals surface area contributed by atoms with E-state index in [1.54, 1.807) is 6.07 Å². The third-order valence-corrected chi connectivity index (χ3v) is 8.92. The molecule has 2 saturated heterocycles. The number of likely N-dealkylation sites (tertiary alicyclic amines) is 1. The second kappa shape index (κ2) is 10.9. The van der Waals surface area contributed by atoms with E-state index >= 15 is 4.39 Å². The smallest absolute Gasteiger partial charge is 0.251 e. The summed E-state index contributed by atoms with van der Waals surface area (Å²) in [6.07, 6.45) is 5.15. The van der Waals surface area contributed by atoms with E-state index in [1.807, 2.05) is 28.8 Å². The molecule has 2 aromatic heterocycles. The highest BCUT2D eigenvalue weighted by molar-refractivity contribution is 7.23. The first-order valence-electron chi connectivity index (χ1n) is 13.3. The van der Waals surface area contributed by atoms with Crippen LogP contribution in [0.5, 0.6) is 0 Å². The molecule has 2 aliphatic rings. The highest BCUT2D eigenvalue weighted by atomic mass is 35.5. The van der Waals surface area contributed by atoms with Gasteiger partial charge in [0.1, 0.15) is 12.0 Å². The van der Waals surface area contributed by atoms with E-state index < -0.39 is 6.17 Å². The molecule has 1 atom stereocenters. The van der Waals surface area contributed by atoms with Gasteiger partial charge in [-0.3, -0.25) is 9.20 Å². The number of carbonyl (C=O) groups excluding carboxylic acids is 1. The molecule has 0 saturated carbocycles. The summed E-state index contributed by atoms with van der Waals surface area (Å²) in [5.74, 6) is -0.420. The normalized spacial score (nSPS) is 19.1. The van der Waals surface area contributed by atoms with Gasteiger partial charge in [0.25, 0.3) is 5.91 Å². The van der Waals surface area contributed by atoms with Crippen molar-refractivity contribution in [3.05, 3.63) is 58.5 Å². The first-order valence-corrected chi connectivity index (χ1v) is 14.4. The van der Waals surface area contributed by atoms with Crippen LogP contribution in [0.4, 0.5) is 8.78 Å². The zero-order valence-corrected chi connectivity index (χ0v) is 22.6. The number of piperidine rings is 1. The fraction of sp³-hybridized carbons (Fsp3) is 0.429. The van der Waals surface area contributed by atoms with Crippen LogP contribution < -0.4 is 10.6 Å². The van der Waals surface area contributed by atoms with E-state index in [2.05, 4.69) is 15.5 Å². The van der Waals surface area contributed by atoms with Crippen molar-refractivity contribution in [2.24, 2.45) is 0 Å². The summed E-state index contributed by atoms with van der Waals surface area (Å²) in [5, 5.41) is 6.72. The Morgan fingerprint density at radius 2 is 2.05 bits per heavy atom. The van der Waals surface area contributed by atoms with Gasteiger partial charge < -0.3 is 15.5 Å². The standard InChI is InChI=1S/C28H30ClF2N5OS/c29-20-13-18(14-21(31)26(20)22-3-1-8-32-22)23-16-36-24-5-4-17(15-25(24)38-28(36)34-23)27(37)33-9-2-10-35-11-6-19(30)7-12-35/h4-5,13-16,19,22,32H,1-3,6-12H2,(H,33,37). The van der Waals surface area contributed by atoms with Crippen molar-refractivity contribution >= 4 is 44.0 Å². The quantitative estimate of drug-likeness (QED) is 0.274. The first kappa shape index (κ1) is 25.7. The Morgan fingerprint density at radius 3 is 2.82 bits per heavy atom. The van der Waals surface area contributed by atoms with Crippen LogP contribution >= 0.6 is 22.9 Å². The largest absolute Gasteiger partial charge is 0.352 e. The molecule has 0 radical (unpaired) electrons. The van der Waals surface area contributed by atoms with Crippen LogP contribution in [0.25, 0.3) is 26.4 Å². The van der Waals surface area contributed by atoms with Gasteiger partial charge in [-0.25, -0.2) is 13.8 Å². The molecule has 1 unspecified atom stereocenters. The van der Waals surface area contributed by atoms with Crippen LogP contribution in [-0.2, 0) is 0 Å². The number of aromatic nitrogens is 2. The summed E-state index contributed by atoms with van der Waals surface area (Å²) in [6.45, 7) is 3.90. The van der Waals surface area contributed by atoms with E-state index in [-0.39, 0.29) is 17.8 Å². The van der Waals surface area contributed by atoms with Gasteiger partial charge in [-0.15, -0.1) is 0 Å². The van der Waals surface area contributed by atoms with Crippen LogP contribution in [0, 0.1) is 5.82 Å². The zero-order valence-electron chi connectivity index (χ0n) is 21.0. The lowest BCUT2D eigenvalue weighted by molar-refractivity contribution is 0.0950. The van der Waals surface area contributed by atoms with E-state index in [1.165, 1.54) is 17.4 Å². The number of nitrogens with one attached hydrogen (secondary N) is 2. The molecule has 2 fully saturated rings. The van der Waals surface area contributed by atoms with Gasteiger partial charge in [-0.05, 0) is 75.5 Å². The van der Waals surface area contributed by atoms with Crippen LogP contribution in [0.3, 0.4) is 0 Å². The molecule has 0 aliphatic carbocycles. The summed E-state index contributed by atoms with van der Waals surface area (Å²) in [7, 11) is 0. The van der Waals surface area contributed by atoms with Gasteiger partial charge in [0.2, 0.25) is 0 Å². The number of rotatable bonds is 7. The highest BCUT2D eigenvalue weighted by Gasteiger charge is 2.24. The number of alkyl halides is 1. The lowest BCUT2D eigenvalue weighted by Crippen LogP contribution is -2.36. The number of imidazole rings is 1. The molecule has 2 aromatic carbocycles. The number of carbonyl (C=O) groups is 1. The van der Waals surface area contributed by atoms with E-state index in [0.717, 1.165) is 60.6 Å². The minimum atomic E-state index is -0.667. The fourth-order valence-electron chi connectivity index (χ4n) is 5.51. The molecule has 4 aromatic rings. The molecule has 2 aliphatic heterocycles. The third kappa shape index (κ3) is 5.17. The average Bonchev–Trinajstić information content (AvgIpc) is 3.64. The highest BCUT2D eigenvalue weighted by Crippen LogP contribution is 2.36. The van der Waals surface area contributed by atoms with Crippen LogP contribution in [0.1, 0.15) is 54.1 Å². The Balaban J connectivity index is 1.14. The molecule has 0 bridgehead atoms. The Hall–Kier alpha value is -2.59. The van der Waals surface area contributed by atoms with Crippen molar-refractivity contribution in [2.45, 2.75) is 44.3 Å². The second-order valence-corrected chi connectivity index (χ2v) is 11.6. The Labute approximate surface area is 229 Å². The molecule has 200 valence electrons. The number of nitrogens with zero attached hydrogens (tertiary/aromatic N) is 3. The van der Waals surface area contributed by atoms with Crippen LogP contribution in [0.15, 0.2) is 36.5 Å². The maximum Gasteiger partial charge on any atom is 0.251 e. The van der Waals surface area contributed by atoms with Gasteiger partial charge in [0.15, 0.2) is 4.96 Å². The number of amides is 1. The summed E-state index contributed by atoms with van der Waals surface area (Å²) in [4.78, 5) is 20.5. The van der Waals surface area contributed by atoms with Crippen molar-refractivity contribution in [1.29, 1.82) is 0 Å². The predicted octanol–water partition coefficient (Wildman–Crippen LogP) is 5.99. The summed E-state index contributed by atoms with van der Waals surface area (Å²) in [6, 6.07) is 8.88. The number of halogens is 3. The van der Waals surface area contributed by atoms with Gasteiger partial charge in [0, 0.05) is 53.6 Å². The monoisotopic (exact) mass is 557 g/mol. The summed E-state index contributed by atoms with van der Waals surface area (Å²) >= 11 is 7.99. The SMILES string of the molecule is O=C(NCCCN1CCC(F)CC1)c1ccc2c(c1)sc1nc(-c3cc(F)c(C4CCCN4)c(Cl)c3)cn12. The van der Waals surface area contributed by atoms with Gasteiger partial charge in [0.05, 0.1) is 15.9 Å². The Morgan fingerprint density at radius 1 is 1.21 bits per heavy atom. The van der Waals surface area contributed by atoms with Gasteiger partial charge >= 0.3 is 0 Å². The van der Waals surface area contributed by atoms with Crippen molar-refractivity contribution in [3.63, 3.8) is 0 Å².